The van der Waals surface area contributed by atoms with E-state index in [2.05, 4.69) is 11.9 Å². The highest BCUT2D eigenvalue weighted by Crippen LogP contribution is 2.19. The van der Waals surface area contributed by atoms with Crippen molar-refractivity contribution in [1.82, 2.24) is 4.90 Å². The first-order valence-electron chi connectivity index (χ1n) is 6.38. The van der Waals surface area contributed by atoms with Crippen LogP contribution in [0.1, 0.15) is 24.8 Å². The first kappa shape index (κ1) is 14.8. The second-order valence-corrected chi connectivity index (χ2v) is 4.64. The molecule has 0 aliphatic rings. The van der Waals surface area contributed by atoms with Crippen molar-refractivity contribution in [2.75, 3.05) is 33.0 Å². The second-order valence-electron chi connectivity index (χ2n) is 4.64. The van der Waals surface area contributed by atoms with Crippen LogP contribution in [-0.2, 0) is 6.54 Å². The zero-order valence-electron chi connectivity index (χ0n) is 11.4. The van der Waals surface area contributed by atoms with Crippen LogP contribution in [0, 0.1) is 0 Å². The molecule has 3 N–H and O–H groups in total. The van der Waals surface area contributed by atoms with Gasteiger partial charge < -0.3 is 20.5 Å². The van der Waals surface area contributed by atoms with E-state index in [9.17, 15) is 0 Å². The van der Waals surface area contributed by atoms with Gasteiger partial charge in [0.2, 0.25) is 0 Å². The fraction of sp³-hybridized carbons (Fsp3) is 0.571. The number of nitrogens with zero attached hydrogens (tertiary/aromatic N) is 1. The average Bonchev–Trinajstić information content (AvgIpc) is 2.34. The van der Waals surface area contributed by atoms with Crippen molar-refractivity contribution in [1.29, 1.82) is 0 Å². The third-order valence-corrected chi connectivity index (χ3v) is 2.87. The Hall–Kier alpha value is -1.26. The molecule has 18 heavy (non-hydrogen) atoms. The number of nitrogen functional groups attached to an aromatic ring is 1. The van der Waals surface area contributed by atoms with Gasteiger partial charge in [0.1, 0.15) is 5.75 Å². The van der Waals surface area contributed by atoms with Crippen molar-refractivity contribution in [3.8, 4) is 5.75 Å². The van der Waals surface area contributed by atoms with Crippen LogP contribution in [0.15, 0.2) is 18.2 Å². The molecule has 0 atom stereocenters. The molecule has 0 radical (unpaired) electrons. The molecule has 1 aromatic carbocycles. The van der Waals surface area contributed by atoms with E-state index in [0.29, 0.717) is 0 Å². The lowest BCUT2D eigenvalue weighted by atomic mass is 10.1. The number of methoxy groups -OCH3 is 1. The maximum absolute atomic E-state index is 8.71. The number of hydrogen-bond donors (Lipinski definition) is 2. The lowest BCUT2D eigenvalue weighted by molar-refractivity contribution is 0.271. The van der Waals surface area contributed by atoms with Gasteiger partial charge in [-0.1, -0.05) is 0 Å². The van der Waals surface area contributed by atoms with Gasteiger partial charge >= 0.3 is 0 Å². The molecule has 0 bridgehead atoms. The monoisotopic (exact) mass is 252 g/mol. The van der Waals surface area contributed by atoms with E-state index in [0.717, 1.165) is 49.4 Å². The zero-order valence-corrected chi connectivity index (χ0v) is 11.4. The smallest absolute Gasteiger partial charge is 0.121 e. The lowest BCUT2D eigenvalue weighted by Gasteiger charge is -2.17. The molecule has 4 heteroatoms. The number of hydrogen-bond acceptors (Lipinski definition) is 4. The standard InChI is InChI=1S/C14H24N2O2/c1-16(6-4-3-5-7-17)11-12-8-13(15)10-14(9-12)18-2/h8-10,17H,3-7,11,15H2,1-2H3. The van der Waals surface area contributed by atoms with Crippen molar-refractivity contribution in [2.24, 2.45) is 0 Å². The molecule has 102 valence electrons. The molecule has 1 aromatic rings. The molecule has 0 heterocycles. The molecule has 4 nitrogen and oxygen atoms in total. The van der Waals surface area contributed by atoms with Crippen LogP contribution in [0.4, 0.5) is 5.69 Å². The van der Waals surface area contributed by atoms with E-state index in [4.69, 9.17) is 15.6 Å². The highest BCUT2D eigenvalue weighted by Gasteiger charge is 2.03. The Morgan fingerprint density at radius 3 is 2.67 bits per heavy atom. The molecule has 0 unspecified atom stereocenters. The van der Waals surface area contributed by atoms with Crippen molar-refractivity contribution < 1.29 is 9.84 Å². The molecular weight excluding hydrogens is 228 g/mol. The zero-order chi connectivity index (χ0) is 13.4. The maximum atomic E-state index is 8.71. The summed E-state index contributed by atoms with van der Waals surface area (Å²) in [6, 6.07) is 5.82. The molecule has 0 aromatic heterocycles. The van der Waals surface area contributed by atoms with Crippen molar-refractivity contribution in [3.05, 3.63) is 23.8 Å². The van der Waals surface area contributed by atoms with Crippen LogP contribution in [0.25, 0.3) is 0 Å². The quantitative estimate of drug-likeness (QED) is 0.548. The largest absolute Gasteiger partial charge is 0.497 e. The number of aliphatic hydroxyl groups is 1. The highest BCUT2D eigenvalue weighted by atomic mass is 16.5. The third-order valence-electron chi connectivity index (χ3n) is 2.87. The molecule has 0 aliphatic carbocycles. The highest BCUT2D eigenvalue weighted by molar-refractivity contribution is 5.47. The fourth-order valence-electron chi connectivity index (χ4n) is 1.96. The van der Waals surface area contributed by atoms with Gasteiger partial charge in [-0.3, -0.25) is 0 Å². The minimum Gasteiger partial charge on any atom is -0.497 e. The molecule has 0 saturated carbocycles. The molecule has 0 spiro atoms. The summed E-state index contributed by atoms with van der Waals surface area (Å²) in [6.07, 6.45) is 3.07. The Balaban J connectivity index is 2.43. The van der Waals surface area contributed by atoms with E-state index in [1.165, 1.54) is 0 Å². The molecular formula is C14H24N2O2. The number of anilines is 1. The number of rotatable bonds is 8. The van der Waals surface area contributed by atoms with Gasteiger partial charge in [-0.15, -0.1) is 0 Å². The van der Waals surface area contributed by atoms with Gasteiger partial charge in [0, 0.05) is 24.9 Å². The van der Waals surface area contributed by atoms with Crippen LogP contribution in [0.5, 0.6) is 5.75 Å². The van der Waals surface area contributed by atoms with Gasteiger partial charge in [-0.05, 0) is 50.6 Å². The van der Waals surface area contributed by atoms with Crippen LogP contribution in [0.2, 0.25) is 0 Å². The summed E-state index contributed by atoms with van der Waals surface area (Å²) in [5, 5.41) is 8.71. The van der Waals surface area contributed by atoms with E-state index in [-0.39, 0.29) is 6.61 Å². The predicted molar refractivity (Wildman–Crippen MR) is 74.7 cm³/mol. The van der Waals surface area contributed by atoms with Gasteiger partial charge in [-0.2, -0.15) is 0 Å². The summed E-state index contributed by atoms with van der Waals surface area (Å²) < 4.78 is 5.20. The van der Waals surface area contributed by atoms with Crippen LogP contribution >= 0.6 is 0 Å². The lowest BCUT2D eigenvalue weighted by Crippen LogP contribution is -2.19. The van der Waals surface area contributed by atoms with Gasteiger partial charge in [0.25, 0.3) is 0 Å². The average molecular weight is 252 g/mol. The minimum atomic E-state index is 0.288. The van der Waals surface area contributed by atoms with Crippen LogP contribution < -0.4 is 10.5 Å². The predicted octanol–water partition coefficient (Wildman–Crippen LogP) is 1.87. The van der Waals surface area contributed by atoms with E-state index in [1.54, 1.807) is 7.11 Å². The Bertz CT molecular complexity index is 356. The summed E-state index contributed by atoms with van der Waals surface area (Å²) in [5.41, 5.74) is 7.72. The van der Waals surface area contributed by atoms with Gasteiger partial charge in [-0.25, -0.2) is 0 Å². The molecule has 0 amide bonds. The Morgan fingerprint density at radius 2 is 2.00 bits per heavy atom. The molecule has 0 aliphatic heterocycles. The number of aliphatic hydroxyl groups excluding tert-OH is 1. The molecule has 0 saturated heterocycles. The number of nitrogens with two attached hydrogens (primary N) is 1. The number of unbranched alkanes of at least 4 members (excludes halogenated alkanes) is 2. The summed E-state index contributed by atoms with van der Waals surface area (Å²) in [7, 11) is 3.74. The van der Waals surface area contributed by atoms with Crippen molar-refractivity contribution in [2.45, 2.75) is 25.8 Å². The minimum absolute atomic E-state index is 0.288. The first-order valence-corrected chi connectivity index (χ1v) is 6.38. The van der Waals surface area contributed by atoms with E-state index >= 15 is 0 Å². The molecule has 0 fully saturated rings. The van der Waals surface area contributed by atoms with Crippen molar-refractivity contribution in [3.63, 3.8) is 0 Å². The summed E-state index contributed by atoms with van der Waals surface area (Å²) in [4.78, 5) is 2.26. The van der Waals surface area contributed by atoms with Crippen LogP contribution in [0.3, 0.4) is 0 Å². The maximum Gasteiger partial charge on any atom is 0.121 e. The van der Waals surface area contributed by atoms with Gasteiger partial charge in [0.05, 0.1) is 7.11 Å². The topological polar surface area (TPSA) is 58.7 Å². The fourth-order valence-corrected chi connectivity index (χ4v) is 1.96. The Labute approximate surface area is 109 Å². The Kier molecular flexibility index (Phi) is 6.54. The Morgan fingerprint density at radius 1 is 1.22 bits per heavy atom. The summed E-state index contributed by atoms with van der Waals surface area (Å²) in [6.45, 7) is 2.17. The first-order chi connectivity index (χ1) is 8.65. The third kappa shape index (κ3) is 5.38. The van der Waals surface area contributed by atoms with E-state index < -0.39 is 0 Å². The van der Waals surface area contributed by atoms with Gasteiger partial charge in [0.15, 0.2) is 0 Å². The summed E-state index contributed by atoms with van der Waals surface area (Å²) in [5.74, 6) is 0.804. The summed E-state index contributed by atoms with van der Waals surface area (Å²) >= 11 is 0. The van der Waals surface area contributed by atoms with Crippen molar-refractivity contribution >= 4 is 5.69 Å². The normalized spacial score (nSPS) is 10.9. The molecule has 1 rings (SSSR count). The SMILES string of the molecule is COc1cc(N)cc(CN(C)CCCCCO)c1. The number of ether oxygens (including phenoxy) is 1. The van der Waals surface area contributed by atoms with E-state index in [1.807, 2.05) is 18.2 Å². The second kappa shape index (κ2) is 7.95. The number of benzene rings is 1. The van der Waals surface area contributed by atoms with Crippen LogP contribution in [-0.4, -0.2) is 37.3 Å².